The number of fused-ring (bicyclic) bond motifs is 12. The second kappa shape index (κ2) is 9.98. The second-order valence-electron chi connectivity index (χ2n) is 12.8. The van der Waals surface area contributed by atoms with Crippen LogP contribution < -0.4 is 0 Å². The zero-order valence-electron chi connectivity index (χ0n) is 25.8. The standard InChI is InChI=1S/C46H26S2/c1-2-10-29-25-30(18-17-27(29)9-1)42-33-12-3-5-14-35(33)43(36-15-6-4-13-34(36)42)31-21-24-41-39(26-31)38-23-20-28-19-22-37-32-11-7-8-16-40(32)47-45(37)44(28)46(38)48-41/h1-26H. The van der Waals surface area contributed by atoms with Crippen molar-refractivity contribution in [3.63, 3.8) is 0 Å². The number of hydrogen-bond acceptors (Lipinski definition) is 2. The first kappa shape index (κ1) is 26.5. The van der Waals surface area contributed by atoms with Crippen LogP contribution in [0.1, 0.15) is 0 Å². The van der Waals surface area contributed by atoms with E-state index in [1.165, 1.54) is 106 Å². The fourth-order valence-corrected chi connectivity index (χ4v) is 10.6. The lowest BCUT2D eigenvalue weighted by molar-refractivity contribution is 1.69. The molecule has 222 valence electrons. The number of hydrogen-bond donors (Lipinski definition) is 0. The predicted molar refractivity (Wildman–Crippen MR) is 213 cm³/mol. The van der Waals surface area contributed by atoms with Crippen LogP contribution in [-0.2, 0) is 0 Å². The number of benzene rings is 9. The summed E-state index contributed by atoms with van der Waals surface area (Å²) >= 11 is 3.86. The zero-order chi connectivity index (χ0) is 31.3. The van der Waals surface area contributed by atoms with Gasteiger partial charge in [0.2, 0.25) is 0 Å². The van der Waals surface area contributed by atoms with E-state index < -0.39 is 0 Å². The molecule has 0 aliphatic carbocycles. The van der Waals surface area contributed by atoms with Gasteiger partial charge in [0.05, 0.1) is 0 Å². The molecule has 0 amide bonds. The summed E-state index contributed by atoms with van der Waals surface area (Å²) in [6.07, 6.45) is 0. The van der Waals surface area contributed by atoms with Gasteiger partial charge in [-0.2, -0.15) is 0 Å². The van der Waals surface area contributed by atoms with Crippen molar-refractivity contribution in [2.45, 2.75) is 0 Å². The SMILES string of the molecule is c1ccc2cc(-c3c4ccccc4c(-c4ccc5sc6c(ccc7ccc8c9ccccc9sc8c76)c5c4)c4ccccc34)ccc2c1. The summed E-state index contributed by atoms with van der Waals surface area (Å²) in [6.45, 7) is 0. The highest BCUT2D eigenvalue weighted by Crippen LogP contribution is 2.48. The molecule has 0 spiro atoms. The van der Waals surface area contributed by atoms with Crippen LogP contribution in [0.15, 0.2) is 158 Å². The molecular formula is C46H26S2. The van der Waals surface area contributed by atoms with Crippen molar-refractivity contribution >= 4 is 106 Å². The van der Waals surface area contributed by atoms with Crippen LogP contribution in [0.4, 0.5) is 0 Å². The molecule has 0 unspecified atom stereocenters. The summed E-state index contributed by atoms with van der Waals surface area (Å²) in [5.41, 5.74) is 5.13. The summed E-state index contributed by atoms with van der Waals surface area (Å²) in [4.78, 5) is 0. The minimum absolute atomic E-state index is 1.26. The van der Waals surface area contributed by atoms with Crippen molar-refractivity contribution in [1.29, 1.82) is 0 Å². The summed E-state index contributed by atoms with van der Waals surface area (Å²) < 4.78 is 5.47. The van der Waals surface area contributed by atoms with Gasteiger partial charge in [-0.05, 0) is 84.2 Å². The predicted octanol–water partition coefficient (Wildman–Crippen LogP) is 14.4. The van der Waals surface area contributed by atoms with E-state index in [-0.39, 0.29) is 0 Å². The summed E-state index contributed by atoms with van der Waals surface area (Å²) in [7, 11) is 0. The lowest BCUT2D eigenvalue weighted by atomic mass is 9.85. The molecule has 0 aliphatic rings. The van der Waals surface area contributed by atoms with E-state index in [1.807, 2.05) is 22.7 Å². The van der Waals surface area contributed by atoms with Crippen LogP contribution in [0.2, 0.25) is 0 Å². The molecule has 0 saturated carbocycles. The normalized spacial score (nSPS) is 12.2. The lowest BCUT2D eigenvalue weighted by Gasteiger charge is -2.18. The largest absolute Gasteiger partial charge is 0.134 e. The Hall–Kier alpha value is -5.54. The minimum Gasteiger partial charge on any atom is -0.134 e. The fourth-order valence-electron chi connectivity index (χ4n) is 8.07. The van der Waals surface area contributed by atoms with Crippen LogP contribution in [0, 0.1) is 0 Å². The van der Waals surface area contributed by atoms with Gasteiger partial charge in [0.15, 0.2) is 0 Å². The maximum Gasteiger partial charge on any atom is 0.0448 e. The lowest BCUT2D eigenvalue weighted by Crippen LogP contribution is -1.91. The van der Waals surface area contributed by atoms with Crippen molar-refractivity contribution in [3.05, 3.63) is 158 Å². The first-order valence-corrected chi connectivity index (χ1v) is 18.1. The van der Waals surface area contributed by atoms with Crippen LogP contribution in [-0.4, -0.2) is 0 Å². The highest BCUT2D eigenvalue weighted by Gasteiger charge is 2.19. The number of thiophene rings is 2. The van der Waals surface area contributed by atoms with E-state index >= 15 is 0 Å². The summed E-state index contributed by atoms with van der Waals surface area (Å²) in [5.74, 6) is 0. The monoisotopic (exact) mass is 642 g/mol. The Balaban J connectivity index is 1.20. The average Bonchev–Trinajstić information content (AvgIpc) is 3.71. The molecule has 0 radical (unpaired) electrons. The van der Waals surface area contributed by atoms with Gasteiger partial charge in [0.1, 0.15) is 0 Å². The van der Waals surface area contributed by atoms with E-state index in [9.17, 15) is 0 Å². The van der Waals surface area contributed by atoms with E-state index in [1.54, 1.807) is 0 Å². The summed E-state index contributed by atoms with van der Waals surface area (Å²) in [6, 6.07) is 58.8. The Morgan fingerprint density at radius 3 is 1.44 bits per heavy atom. The molecular weight excluding hydrogens is 617 g/mol. The Kier molecular flexibility index (Phi) is 5.51. The van der Waals surface area contributed by atoms with E-state index in [0.717, 1.165) is 0 Å². The van der Waals surface area contributed by atoms with Gasteiger partial charge in [0.25, 0.3) is 0 Å². The third kappa shape index (κ3) is 3.70. The third-order valence-electron chi connectivity index (χ3n) is 10.2. The molecule has 0 bridgehead atoms. The molecule has 0 atom stereocenters. The maximum absolute atomic E-state index is 2.45. The van der Waals surface area contributed by atoms with Gasteiger partial charge < -0.3 is 0 Å². The molecule has 0 saturated heterocycles. The number of rotatable bonds is 2. The first-order chi connectivity index (χ1) is 23.8. The quantitative estimate of drug-likeness (QED) is 0.165. The van der Waals surface area contributed by atoms with Crippen molar-refractivity contribution < 1.29 is 0 Å². The molecule has 0 N–H and O–H groups in total. The Bertz CT molecular complexity index is 3060. The molecule has 48 heavy (non-hydrogen) atoms. The molecule has 2 heterocycles. The Morgan fingerprint density at radius 2 is 0.771 bits per heavy atom. The molecule has 2 heteroatoms. The molecule has 0 aliphatic heterocycles. The van der Waals surface area contributed by atoms with E-state index in [0.29, 0.717) is 0 Å². The Morgan fingerprint density at radius 1 is 0.292 bits per heavy atom. The van der Waals surface area contributed by atoms with Gasteiger partial charge in [-0.3, -0.25) is 0 Å². The van der Waals surface area contributed by atoms with Crippen molar-refractivity contribution in [1.82, 2.24) is 0 Å². The van der Waals surface area contributed by atoms with Crippen LogP contribution in [0.5, 0.6) is 0 Å². The maximum atomic E-state index is 2.45. The highest BCUT2D eigenvalue weighted by molar-refractivity contribution is 7.29. The van der Waals surface area contributed by atoms with Gasteiger partial charge in [-0.15, -0.1) is 22.7 Å². The van der Waals surface area contributed by atoms with Crippen molar-refractivity contribution in [2.75, 3.05) is 0 Å². The van der Waals surface area contributed by atoms with Crippen LogP contribution >= 0.6 is 22.7 Å². The molecule has 11 aromatic rings. The molecule has 2 aromatic heterocycles. The van der Waals surface area contributed by atoms with Gasteiger partial charge in [0, 0.05) is 45.7 Å². The third-order valence-corrected chi connectivity index (χ3v) is 12.6. The topological polar surface area (TPSA) is 0 Å². The van der Waals surface area contributed by atoms with E-state index in [2.05, 4.69) is 158 Å². The molecule has 9 aromatic carbocycles. The van der Waals surface area contributed by atoms with Crippen molar-refractivity contribution in [2.24, 2.45) is 0 Å². The van der Waals surface area contributed by atoms with Gasteiger partial charge >= 0.3 is 0 Å². The van der Waals surface area contributed by atoms with E-state index in [4.69, 9.17) is 0 Å². The molecule has 0 fully saturated rings. The molecule has 11 rings (SSSR count). The van der Waals surface area contributed by atoms with Crippen LogP contribution in [0.3, 0.4) is 0 Å². The second-order valence-corrected chi connectivity index (χ2v) is 14.9. The van der Waals surface area contributed by atoms with Crippen LogP contribution in [0.25, 0.3) is 106 Å². The first-order valence-electron chi connectivity index (χ1n) is 16.4. The Labute approximate surface area is 284 Å². The fraction of sp³-hybridized carbons (Fsp3) is 0. The minimum atomic E-state index is 1.26. The molecule has 0 nitrogen and oxygen atoms in total. The van der Waals surface area contributed by atoms with Gasteiger partial charge in [-0.25, -0.2) is 0 Å². The van der Waals surface area contributed by atoms with Crippen molar-refractivity contribution in [3.8, 4) is 22.3 Å². The highest BCUT2D eigenvalue weighted by atomic mass is 32.1. The summed E-state index contributed by atoms with van der Waals surface area (Å²) in [5, 5.41) is 15.8. The smallest absolute Gasteiger partial charge is 0.0448 e. The average molecular weight is 643 g/mol. The zero-order valence-corrected chi connectivity index (χ0v) is 27.5. The van der Waals surface area contributed by atoms with Gasteiger partial charge in [-0.1, -0.05) is 133 Å².